The number of esters is 2. The van der Waals surface area contributed by atoms with Crippen molar-refractivity contribution in [3.8, 4) is 0 Å². The number of carbonyl (C=O) groups is 2. The number of unbranched alkanes of at least 4 members (excludes halogenated alkanes) is 6. The molecule has 290 valence electrons. The fourth-order valence-corrected chi connectivity index (χ4v) is 4.74. The smallest absolute Gasteiger partial charge is 0.306 e. The van der Waals surface area contributed by atoms with E-state index in [9.17, 15) is 14.7 Å². The molecule has 0 radical (unpaired) electrons. The predicted octanol–water partition coefficient (Wildman–Crippen LogP) is 12.8. The Morgan fingerprint density at radius 3 is 1.29 bits per heavy atom. The fraction of sp³-hybridized carbons (Fsp3) is 0.532. The summed E-state index contributed by atoms with van der Waals surface area (Å²) in [6.45, 7) is 3.88. The Morgan fingerprint density at radius 1 is 0.462 bits per heavy atom. The minimum absolute atomic E-state index is 0.122. The van der Waals surface area contributed by atoms with Crippen molar-refractivity contribution in [1.29, 1.82) is 0 Å². The van der Waals surface area contributed by atoms with Crippen LogP contribution in [-0.4, -0.2) is 36.4 Å². The second-order valence-corrected chi connectivity index (χ2v) is 12.6. The highest BCUT2D eigenvalue weighted by molar-refractivity contribution is 5.70. The van der Waals surface area contributed by atoms with E-state index in [1.54, 1.807) is 0 Å². The van der Waals surface area contributed by atoms with E-state index in [-0.39, 0.29) is 25.6 Å². The van der Waals surface area contributed by atoms with Gasteiger partial charge in [0.2, 0.25) is 0 Å². The highest BCUT2D eigenvalue weighted by Gasteiger charge is 2.15. The van der Waals surface area contributed by atoms with Crippen LogP contribution in [0.5, 0.6) is 0 Å². The molecule has 0 rings (SSSR count). The Hall–Kier alpha value is -3.70. The van der Waals surface area contributed by atoms with Gasteiger partial charge in [0.25, 0.3) is 0 Å². The third-order valence-electron chi connectivity index (χ3n) is 7.75. The van der Waals surface area contributed by atoms with Crippen LogP contribution in [0.1, 0.15) is 142 Å². The van der Waals surface area contributed by atoms with Crippen LogP contribution >= 0.6 is 0 Å². The minimum atomic E-state index is -0.834. The van der Waals surface area contributed by atoms with Gasteiger partial charge in [-0.05, 0) is 96.3 Å². The molecule has 0 heterocycles. The molecular weight excluding hydrogens is 645 g/mol. The van der Waals surface area contributed by atoms with Crippen LogP contribution in [0.15, 0.2) is 122 Å². The Kier molecular flexibility index (Phi) is 38.8. The van der Waals surface area contributed by atoms with Crippen LogP contribution in [0, 0.1) is 0 Å². The molecule has 52 heavy (non-hydrogen) atoms. The van der Waals surface area contributed by atoms with Gasteiger partial charge in [0.1, 0.15) is 6.61 Å². The maximum atomic E-state index is 12.1. The predicted molar refractivity (Wildman–Crippen MR) is 223 cm³/mol. The fourth-order valence-electron chi connectivity index (χ4n) is 4.74. The average molecular weight is 717 g/mol. The normalized spacial score (nSPS) is 13.5. The van der Waals surface area contributed by atoms with E-state index in [2.05, 4.69) is 123 Å². The topological polar surface area (TPSA) is 72.8 Å². The molecule has 0 fully saturated rings. The molecule has 0 bridgehead atoms. The molecule has 0 aromatic heterocycles. The average Bonchev–Trinajstić information content (AvgIpc) is 3.15. The summed E-state index contributed by atoms with van der Waals surface area (Å²) in [5, 5.41) is 9.55. The Morgan fingerprint density at radius 2 is 0.865 bits per heavy atom. The van der Waals surface area contributed by atoms with Crippen LogP contribution in [-0.2, 0) is 19.1 Å². The summed E-state index contributed by atoms with van der Waals surface area (Å²) in [6, 6.07) is 0. The highest BCUT2D eigenvalue weighted by Crippen LogP contribution is 2.07. The molecule has 1 unspecified atom stereocenters. The monoisotopic (exact) mass is 717 g/mol. The lowest BCUT2D eigenvalue weighted by Crippen LogP contribution is -2.28. The molecule has 0 aliphatic carbocycles. The van der Waals surface area contributed by atoms with Gasteiger partial charge in [-0.25, -0.2) is 0 Å². The van der Waals surface area contributed by atoms with Crippen molar-refractivity contribution in [2.45, 2.75) is 148 Å². The van der Waals surface area contributed by atoms with Crippen LogP contribution in [0.2, 0.25) is 0 Å². The second-order valence-electron chi connectivity index (χ2n) is 12.6. The van der Waals surface area contributed by atoms with Gasteiger partial charge < -0.3 is 14.6 Å². The van der Waals surface area contributed by atoms with Crippen LogP contribution in [0.3, 0.4) is 0 Å². The summed E-state index contributed by atoms with van der Waals surface area (Å²) in [4.78, 5) is 24.2. The molecule has 1 N–H and O–H groups in total. The first kappa shape index (κ1) is 48.3. The van der Waals surface area contributed by atoms with Gasteiger partial charge in [-0.1, -0.05) is 155 Å². The number of hydrogen-bond acceptors (Lipinski definition) is 5. The Balaban J connectivity index is 3.80. The number of hydrogen-bond donors (Lipinski definition) is 1. The summed E-state index contributed by atoms with van der Waals surface area (Å²) in [6.07, 6.45) is 61.2. The van der Waals surface area contributed by atoms with Crippen molar-refractivity contribution >= 4 is 11.9 Å². The zero-order valence-corrected chi connectivity index (χ0v) is 32.8. The van der Waals surface area contributed by atoms with Crippen molar-refractivity contribution in [2.24, 2.45) is 0 Å². The van der Waals surface area contributed by atoms with Crippen molar-refractivity contribution in [3.05, 3.63) is 122 Å². The molecule has 0 aromatic rings. The zero-order valence-electron chi connectivity index (χ0n) is 32.8. The Bertz CT molecular complexity index is 1130. The Labute approximate surface area is 318 Å². The summed E-state index contributed by atoms with van der Waals surface area (Å²) >= 11 is 0. The van der Waals surface area contributed by atoms with Crippen molar-refractivity contribution in [3.63, 3.8) is 0 Å². The van der Waals surface area contributed by atoms with Crippen LogP contribution in [0.4, 0.5) is 0 Å². The molecule has 5 nitrogen and oxygen atoms in total. The first-order valence-corrected chi connectivity index (χ1v) is 20.1. The van der Waals surface area contributed by atoms with Gasteiger partial charge in [0.05, 0.1) is 6.61 Å². The van der Waals surface area contributed by atoms with E-state index in [0.29, 0.717) is 12.8 Å². The van der Waals surface area contributed by atoms with Crippen molar-refractivity contribution in [1.82, 2.24) is 0 Å². The standard InChI is InChI=1S/C47H72O5/c1-3-5-7-9-11-13-15-17-19-21-23-25-27-29-31-33-35-37-39-41-46(49)51-44-45(43-48)52-47(50)42-40-38-36-34-32-30-28-26-24-22-20-18-16-14-12-10-8-6-4-2/h6,8,11-14,17-20,23-26,29-32,36,38,45,48H,3-5,7,9-10,15-16,21-22,27-28,33-35,37,39-44H2,1-2H3. The first-order chi connectivity index (χ1) is 25.6. The second kappa shape index (κ2) is 41.7. The number of aliphatic hydroxyl groups is 1. The molecule has 0 amide bonds. The lowest BCUT2D eigenvalue weighted by molar-refractivity contribution is -0.161. The largest absolute Gasteiger partial charge is 0.462 e. The summed E-state index contributed by atoms with van der Waals surface area (Å²) < 4.78 is 10.5. The number of ether oxygens (including phenoxy) is 2. The molecule has 0 aliphatic rings. The van der Waals surface area contributed by atoms with E-state index in [1.165, 1.54) is 25.7 Å². The van der Waals surface area contributed by atoms with Crippen molar-refractivity contribution < 1.29 is 24.2 Å². The highest BCUT2D eigenvalue weighted by atomic mass is 16.6. The molecule has 0 saturated carbocycles. The number of aliphatic hydroxyl groups excluding tert-OH is 1. The van der Waals surface area contributed by atoms with Gasteiger partial charge in [0.15, 0.2) is 6.10 Å². The number of rotatable bonds is 34. The molecule has 0 saturated heterocycles. The maximum absolute atomic E-state index is 12.1. The molecule has 0 aromatic carbocycles. The SMILES string of the molecule is CCC=CCC=CCC=CCC=CCC=CCC=CCCC(=O)OC(CO)COC(=O)CCCCCC=CCC=CCC=CCC=CCCCCC. The lowest BCUT2D eigenvalue weighted by atomic mass is 10.1. The van der Waals surface area contributed by atoms with Gasteiger partial charge >= 0.3 is 11.9 Å². The minimum Gasteiger partial charge on any atom is -0.462 e. The molecule has 1 atom stereocenters. The molecular formula is C47H72O5. The third-order valence-corrected chi connectivity index (χ3v) is 7.75. The molecule has 0 aliphatic heterocycles. The van der Waals surface area contributed by atoms with Crippen LogP contribution < -0.4 is 0 Å². The van der Waals surface area contributed by atoms with Gasteiger partial charge in [-0.3, -0.25) is 9.59 Å². The van der Waals surface area contributed by atoms with Gasteiger partial charge in [0, 0.05) is 12.8 Å². The lowest BCUT2D eigenvalue weighted by Gasteiger charge is -2.15. The van der Waals surface area contributed by atoms with E-state index in [4.69, 9.17) is 9.47 Å². The summed E-state index contributed by atoms with van der Waals surface area (Å²) in [5.41, 5.74) is 0. The van der Waals surface area contributed by atoms with Gasteiger partial charge in [-0.2, -0.15) is 0 Å². The van der Waals surface area contributed by atoms with E-state index >= 15 is 0 Å². The number of allylic oxidation sites excluding steroid dienone is 20. The van der Waals surface area contributed by atoms with E-state index in [1.807, 2.05) is 12.2 Å². The first-order valence-electron chi connectivity index (χ1n) is 20.1. The van der Waals surface area contributed by atoms with Crippen molar-refractivity contribution in [2.75, 3.05) is 13.2 Å². The number of carbonyl (C=O) groups excluding carboxylic acids is 2. The maximum Gasteiger partial charge on any atom is 0.306 e. The molecule has 0 spiro atoms. The summed E-state index contributed by atoms with van der Waals surface area (Å²) in [5.74, 6) is -0.739. The molecule has 5 heteroatoms. The zero-order chi connectivity index (χ0) is 37.8. The summed E-state index contributed by atoms with van der Waals surface area (Å²) in [7, 11) is 0. The van der Waals surface area contributed by atoms with E-state index in [0.717, 1.165) is 83.5 Å². The van der Waals surface area contributed by atoms with Crippen LogP contribution in [0.25, 0.3) is 0 Å². The third kappa shape index (κ3) is 39.1. The van der Waals surface area contributed by atoms with E-state index < -0.39 is 12.1 Å². The quantitative estimate of drug-likeness (QED) is 0.0408. The van der Waals surface area contributed by atoms with Gasteiger partial charge in [-0.15, -0.1) is 0 Å².